The molecule has 0 fully saturated rings. The smallest absolute Gasteiger partial charge is 0.203 e. The number of methoxy groups -OCH3 is 1. The molecule has 0 saturated heterocycles. The zero-order chi connectivity index (χ0) is 14.6. The molecule has 1 unspecified atom stereocenters. The van der Waals surface area contributed by atoms with Gasteiger partial charge in [-0.25, -0.2) is 9.97 Å². The summed E-state index contributed by atoms with van der Waals surface area (Å²) < 4.78 is 5.21. The number of hydrogen-bond acceptors (Lipinski definition) is 6. The third-order valence-corrected chi connectivity index (χ3v) is 3.16. The van der Waals surface area contributed by atoms with Crippen molar-refractivity contribution in [3.63, 3.8) is 0 Å². The van der Waals surface area contributed by atoms with Gasteiger partial charge in [0.1, 0.15) is 6.33 Å². The van der Waals surface area contributed by atoms with E-state index in [0.29, 0.717) is 11.6 Å². The summed E-state index contributed by atoms with van der Waals surface area (Å²) in [6.07, 6.45) is 1.35. The van der Waals surface area contributed by atoms with E-state index in [1.807, 2.05) is 37.3 Å². The molecule has 0 radical (unpaired) electrons. The van der Waals surface area contributed by atoms with Gasteiger partial charge in [0.25, 0.3) is 0 Å². The van der Waals surface area contributed by atoms with E-state index in [0.717, 1.165) is 5.56 Å². The van der Waals surface area contributed by atoms with E-state index in [1.165, 1.54) is 13.4 Å². The highest BCUT2D eigenvalue weighted by atomic mass is 16.5. The number of aliphatic hydroxyl groups is 1. The molecule has 0 saturated carbocycles. The van der Waals surface area contributed by atoms with Gasteiger partial charge in [-0.1, -0.05) is 30.3 Å². The van der Waals surface area contributed by atoms with Gasteiger partial charge in [-0.05, 0) is 12.5 Å². The molecular weight excluding hydrogens is 256 g/mol. The lowest BCUT2D eigenvalue weighted by molar-refractivity contribution is 0.223. The van der Waals surface area contributed by atoms with Crippen LogP contribution in [0.1, 0.15) is 12.5 Å². The van der Waals surface area contributed by atoms with Gasteiger partial charge in [-0.3, -0.25) is 0 Å². The van der Waals surface area contributed by atoms with Crippen molar-refractivity contribution in [1.29, 1.82) is 0 Å². The summed E-state index contributed by atoms with van der Waals surface area (Å²) in [5.41, 5.74) is 5.99. The van der Waals surface area contributed by atoms with Gasteiger partial charge in [0.2, 0.25) is 5.75 Å². The van der Waals surface area contributed by atoms with Crippen LogP contribution in [0.25, 0.3) is 0 Å². The number of hydrogen-bond donors (Lipinski definition) is 3. The molecule has 4 N–H and O–H groups in total. The topological polar surface area (TPSA) is 93.3 Å². The van der Waals surface area contributed by atoms with Gasteiger partial charge in [0, 0.05) is 0 Å². The molecule has 106 valence electrons. The van der Waals surface area contributed by atoms with Gasteiger partial charge < -0.3 is 20.9 Å². The lowest BCUT2D eigenvalue weighted by atomic mass is 9.93. The predicted octanol–water partition coefficient (Wildman–Crippen LogP) is 1.39. The summed E-state index contributed by atoms with van der Waals surface area (Å²) in [6, 6.07) is 9.61. The highest BCUT2D eigenvalue weighted by molar-refractivity contribution is 5.62. The summed E-state index contributed by atoms with van der Waals surface area (Å²) in [5.74, 6) is 1.06. The van der Waals surface area contributed by atoms with E-state index < -0.39 is 5.54 Å². The van der Waals surface area contributed by atoms with Gasteiger partial charge in [0.15, 0.2) is 11.6 Å². The van der Waals surface area contributed by atoms with E-state index in [-0.39, 0.29) is 12.4 Å². The van der Waals surface area contributed by atoms with Gasteiger partial charge in [-0.2, -0.15) is 0 Å². The van der Waals surface area contributed by atoms with Crippen LogP contribution in [0.15, 0.2) is 36.7 Å². The van der Waals surface area contributed by atoms with Crippen molar-refractivity contribution >= 4 is 11.6 Å². The standard InChI is InChI=1S/C14H18N4O2/c1-14(8-19,10-6-4-3-5-7-10)18-13-11(20-2)12(15)16-9-17-13/h3-7,9,19H,8H2,1-2H3,(H3,15,16,17,18). The highest BCUT2D eigenvalue weighted by Crippen LogP contribution is 2.32. The number of nitrogens with zero attached hydrogens (tertiary/aromatic N) is 2. The van der Waals surface area contributed by atoms with Crippen LogP contribution in [0.3, 0.4) is 0 Å². The molecule has 0 bridgehead atoms. The van der Waals surface area contributed by atoms with Crippen LogP contribution < -0.4 is 15.8 Å². The fourth-order valence-corrected chi connectivity index (χ4v) is 1.95. The zero-order valence-corrected chi connectivity index (χ0v) is 11.5. The minimum absolute atomic E-state index is 0.107. The molecule has 2 rings (SSSR count). The van der Waals surface area contributed by atoms with Crippen LogP contribution in [-0.2, 0) is 5.54 Å². The van der Waals surface area contributed by atoms with Crippen LogP contribution in [0.4, 0.5) is 11.6 Å². The Bertz CT molecular complexity index is 577. The van der Waals surface area contributed by atoms with Crippen molar-refractivity contribution in [3.8, 4) is 5.75 Å². The Kier molecular flexibility index (Phi) is 4.05. The molecule has 1 heterocycles. The summed E-state index contributed by atoms with van der Waals surface area (Å²) in [5, 5.41) is 12.9. The van der Waals surface area contributed by atoms with Crippen LogP contribution >= 0.6 is 0 Å². The van der Waals surface area contributed by atoms with Crippen molar-refractivity contribution < 1.29 is 9.84 Å². The molecule has 0 aliphatic carbocycles. The van der Waals surface area contributed by atoms with Crippen molar-refractivity contribution in [1.82, 2.24) is 9.97 Å². The maximum atomic E-state index is 9.75. The molecule has 6 heteroatoms. The first-order valence-electron chi connectivity index (χ1n) is 6.20. The molecule has 1 aromatic carbocycles. The molecule has 0 aliphatic heterocycles. The minimum atomic E-state index is -0.699. The van der Waals surface area contributed by atoms with Crippen LogP contribution in [0.2, 0.25) is 0 Å². The molecule has 1 aromatic heterocycles. The first kappa shape index (κ1) is 14.1. The Balaban J connectivity index is 2.38. The summed E-state index contributed by atoms with van der Waals surface area (Å²) >= 11 is 0. The first-order chi connectivity index (χ1) is 9.60. The van der Waals surface area contributed by atoms with Crippen molar-refractivity contribution in [3.05, 3.63) is 42.2 Å². The molecule has 0 aliphatic rings. The lowest BCUT2D eigenvalue weighted by Gasteiger charge is -2.30. The average Bonchev–Trinajstić information content (AvgIpc) is 2.48. The Morgan fingerprint density at radius 1 is 1.30 bits per heavy atom. The molecule has 6 nitrogen and oxygen atoms in total. The number of nitrogens with one attached hydrogen (secondary N) is 1. The fraction of sp³-hybridized carbons (Fsp3) is 0.286. The van der Waals surface area contributed by atoms with E-state index in [1.54, 1.807) is 0 Å². The van der Waals surface area contributed by atoms with Gasteiger partial charge >= 0.3 is 0 Å². The van der Waals surface area contributed by atoms with Crippen LogP contribution in [-0.4, -0.2) is 28.8 Å². The Morgan fingerprint density at radius 2 is 2.00 bits per heavy atom. The Morgan fingerprint density at radius 3 is 2.60 bits per heavy atom. The van der Waals surface area contributed by atoms with E-state index >= 15 is 0 Å². The molecule has 0 spiro atoms. The predicted molar refractivity (Wildman–Crippen MR) is 77.5 cm³/mol. The molecule has 2 aromatic rings. The van der Waals surface area contributed by atoms with E-state index in [2.05, 4.69) is 15.3 Å². The largest absolute Gasteiger partial charge is 0.490 e. The van der Waals surface area contributed by atoms with Crippen LogP contribution in [0, 0.1) is 0 Å². The number of rotatable bonds is 5. The average molecular weight is 274 g/mol. The van der Waals surface area contributed by atoms with E-state index in [4.69, 9.17) is 10.5 Å². The Labute approximate surface area is 117 Å². The number of aliphatic hydroxyl groups excluding tert-OH is 1. The summed E-state index contributed by atoms with van der Waals surface area (Å²) in [7, 11) is 1.50. The molecule has 20 heavy (non-hydrogen) atoms. The Hall–Kier alpha value is -2.34. The minimum Gasteiger partial charge on any atom is -0.490 e. The second-order valence-corrected chi connectivity index (χ2v) is 4.62. The number of ether oxygens (including phenoxy) is 1. The second-order valence-electron chi connectivity index (χ2n) is 4.62. The number of nitrogens with two attached hydrogens (primary N) is 1. The maximum Gasteiger partial charge on any atom is 0.203 e. The summed E-state index contributed by atoms with van der Waals surface area (Å²) in [4.78, 5) is 8.01. The highest BCUT2D eigenvalue weighted by Gasteiger charge is 2.27. The number of anilines is 2. The number of aromatic nitrogens is 2. The number of nitrogen functional groups attached to an aromatic ring is 1. The summed E-state index contributed by atoms with van der Waals surface area (Å²) in [6.45, 7) is 1.77. The lowest BCUT2D eigenvalue weighted by Crippen LogP contribution is -2.36. The molecule has 0 amide bonds. The van der Waals surface area contributed by atoms with Crippen molar-refractivity contribution in [2.24, 2.45) is 0 Å². The van der Waals surface area contributed by atoms with Crippen molar-refractivity contribution in [2.45, 2.75) is 12.5 Å². The molecular formula is C14H18N4O2. The second kappa shape index (κ2) is 5.75. The van der Waals surface area contributed by atoms with Crippen molar-refractivity contribution in [2.75, 3.05) is 24.8 Å². The zero-order valence-electron chi connectivity index (χ0n) is 11.5. The SMILES string of the molecule is COc1c(N)ncnc1NC(C)(CO)c1ccccc1. The maximum absolute atomic E-state index is 9.75. The van der Waals surface area contributed by atoms with Gasteiger partial charge in [-0.15, -0.1) is 0 Å². The third-order valence-electron chi connectivity index (χ3n) is 3.16. The monoisotopic (exact) mass is 274 g/mol. The van der Waals surface area contributed by atoms with E-state index in [9.17, 15) is 5.11 Å². The normalized spacial score (nSPS) is 13.6. The third kappa shape index (κ3) is 2.65. The first-order valence-corrected chi connectivity index (χ1v) is 6.20. The van der Waals surface area contributed by atoms with Gasteiger partial charge in [0.05, 0.1) is 19.3 Å². The quantitative estimate of drug-likeness (QED) is 0.763. The molecule has 1 atom stereocenters. The van der Waals surface area contributed by atoms with Crippen LogP contribution in [0.5, 0.6) is 5.75 Å². The number of benzene rings is 1. The fourth-order valence-electron chi connectivity index (χ4n) is 1.95.